The third kappa shape index (κ3) is 4.57. The second-order valence-electron chi connectivity index (χ2n) is 14.0. The van der Waals surface area contributed by atoms with Crippen LogP contribution in [0.15, 0.2) is 140 Å². The molecule has 0 atom stereocenters. The molecule has 8 aromatic carbocycles. The molecule has 2 nitrogen and oxygen atoms in total. The lowest BCUT2D eigenvalue weighted by Gasteiger charge is -2.32. The Morgan fingerprint density at radius 3 is 1.32 bits per heavy atom. The number of hydrogen-bond acceptors (Lipinski definition) is 2. The molecule has 8 aromatic rings. The largest absolute Gasteiger partial charge is 0.494 e. The van der Waals surface area contributed by atoms with E-state index in [4.69, 9.17) is 9.31 Å². The highest BCUT2D eigenvalue weighted by Crippen LogP contribution is 2.39. The Bertz CT molecular complexity index is 2490. The first kappa shape index (κ1) is 28.3. The Balaban J connectivity index is 1.07. The zero-order chi connectivity index (χ0) is 31.9. The first-order valence-corrected chi connectivity index (χ1v) is 16.5. The molecule has 226 valence electrons. The molecule has 0 N–H and O–H groups in total. The van der Waals surface area contributed by atoms with Gasteiger partial charge >= 0.3 is 7.12 Å². The van der Waals surface area contributed by atoms with Crippen LogP contribution in [0.1, 0.15) is 27.7 Å². The predicted octanol–water partition coefficient (Wildman–Crippen LogP) is 11.1. The summed E-state index contributed by atoms with van der Waals surface area (Å²) >= 11 is 0. The molecule has 1 fully saturated rings. The molecule has 1 saturated heterocycles. The molecule has 0 aromatic heterocycles. The van der Waals surface area contributed by atoms with E-state index in [0.717, 1.165) is 5.46 Å². The molecule has 0 radical (unpaired) electrons. The fraction of sp³-hybridized carbons (Fsp3) is 0.136. The van der Waals surface area contributed by atoms with E-state index in [1.165, 1.54) is 76.1 Å². The lowest BCUT2D eigenvalue weighted by Crippen LogP contribution is -2.41. The second-order valence-corrected chi connectivity index (χ2v) is 14.0. The van der Waals surface area contributed by atoms with E-state index in [1.807, 2.05) is 0 Å². The fourth-order valence-corrected chi connectivity index (χ4v) is 7.26. The Morgan fingerprint density at radius 2 is 0.766 bits per heavy atom. The topological polar surface area (TPSA) is 18.5 Å². The predicted molar refractivity (Wildman–Crippen MR) is 201 cm³/mol. The van der Waals surface area contributed by atoms with Gasteiger partial charge in [-0.05, 0) is 134 Å². The van der Waals surface area contributed by atoms with Gasteiger partial charge in [-0.2, -0.15) is 0 Å². The quantitative estimate of drug-likeness (QED) is 0.147. The normalized spacial score (nSPS) is 15.8. The molecule has 1 heterocycles. The Morgan fingerprint density at radius 1 is 0.362 bits per heavy atom. The van der Waals surface area contributed by atoms with E-state index in [2.05, 4.69) is 167 Å². The Labute approximate surface area is 275 Å². The summed E-state index contributed by atoms with van der Waals surface area (Å²) < 4.78 is 12.7. The Hall–Kier alpha value is -4.96. The third-order valence-electron chi connectivity index (χ3n) is 10.6. The first-order valence-electron chi connectivity index (χ1n) is 16.5. The van der Waals surface area contributed by atoms with Crippen molar-refractivity contribution in [2.45, 2.75) is 38.9 Å². The van der Waals surface area contributed by atoms with Crippen molar-refractivity contribution >= 4 is 66.4 Å². The van der Waals surface area contributed by atoms with Gasteiger partial charge in [0.15, 0.2) is 0 Å². The van der Waals surface area contributed by atoms with Gasteiger partial charge in [0.25, 0.3) is 0 Å². The number of benzene rings is 8. The maximum atomic E-state index is 6.34. The van der Waals surface area contributed by atoms with E-state index in [1.54, 1.807) is 0 Å². The molecule has 1 aliphatic heterocycles. The van der Waals surface area contributed by atoms with Crippen molar-refractivity contribution in [1.29, 1.82) is 0 Å². The van der Waals surface area contributed by atoms with Crippen molar-refractivity contribution < 1.29 is 9.31 Å². The highest BCUT2D eigenvalue weighted by Gasteiger charge is 2.51. The zero-order valence-corrected chi connectivity index (χ0v) is 27.2. The minimum atomic E-state index is -0.372. The molecule has 0 unspecified atom stereocenters. The molecular formula is C44H35BO2. The minimum Gasteiger partial charge on any atom is -0.399 e. The van der Waals surface area contributed by atoms with Gasteiger partial charge in [0, 0.05) is 0 Å². The summed E-state index contributed by atoms with van der Waals surface area (Å²) in [6, 6.07) is 51.3. The van der Waals surface area contributed by atoms with Crippen LogP contribution >= 0.6 is 0 Å². The summed E-state index contributed by atoms with van der Waals surface area (Å²) in [6.07, 6.45) is 0. The number of fused-ring (bicyclic) bond motifs is 8. The summed E-state index contributed by atoms with van der Waals surface area (Å²) in [4.78, 5) is 0. The minimum absolute atomic E-state index is 0.364. The Kier molecular flexibility index (Phi) is 6.18. The van der Waals surface area contributed by atoms with Gasteiger partial charge in [0.05, 0.1) is 11.2 Å². The molecule has 0 amide bonds. The van der Waals surface area contributed by atoms with Crippen LogP contribution in [0.5, 0.6) is 0 Å². The van der Waals surface area contributed by atoms with Gasteiger partial charge in [-0.3, -0.25) is 0 Å². The van der Waals surface area contributed by atoms with Crippen LogP contribution in [0, 0.1) is 0 Å². The van der Waals surface area contributed by atoms with Gasteiger partial charge in [0.1, 0.15) is 0 Å². The van der Waals surface area contributed by atoms with Crippen LogP contribution in [-0.2, 0) is 9.31 Å². The first-order chi connectivity index (χ1) is 22.7. The van der Waals surface area contributed by atoms with Crippen molar-refractivity contribution in [2.75, 3.05) is 0 Å². The van der Waals surface area contributed by atoms with Gasteiger partial charge in [0.2, 0.25) is 0 Å². The zero-order valence-electron chi connectivity index (χ0n) is 27.2. The SMILES string of the molecule is CC1(C)OB(c2ccc3ccc(-c4ccc5cc(-c6ccc7c8ccccc8c8ccccc8c7c6)ccc5c4)cc3c2)OC1(C)C. The monoisotopic (exact) mass is 606 g/mol. The van der Waals surface area contributed by atoms with Crippen LogP contribution < -0.4 is 5.46 Å². The second kappa shape index (κ2) is 10.3. The summed E-state index contributed by atoms with van der Waals surface area (Å²) in [5.41, 5.74) is 5.18. The number of rotatable bonds is 3. The molecule has 0 bridgehead atoms. The molecule has 0 aliphatic carbocycles. The highest BCUT2D eigenvalue weighted by molar-refractivity contribution is 6.62. The molecular weight excluding hydrogens is 571 g/mol. The van der Waals surface area contributed by atoms with E-state index in [0.29, 0.717) is 0 Å². The number of hydrogen-bond donors (Lipinski definition) is 0. The summed E-state index contributed by atoms with van der Waals surface area (Å²) in [5.74, 6) is 0. The highest BCUT2D eigenvalue weighted by atomic mass is 16.7. The van der Waals surface area contributed by atoms with Crippen molar-refractivity contribution in [2.24, 2.45) is 0 Å². The molecule has 47 heavy (non-hydrogen) atoms. The van der Waals surface area contributed by atoms with Crippen molar-refractivity contribution in [3.8, 4) is 22.3 Å². The summed E-state index contributed by atoms with van der Waals surface area (Å²) in [7, 11) is -0.372. The molecule has 1 aliphatic rings. The van der Waals surface area contributed by atoms with E-state index in [-0.39, 0.29) is 18.3 Å². The van der Waals surface area contributed by atoms with Gasteiger partial charge < -0.3 is 9.31 Å². The van der Waals surface area contributed by atoms with Crippen LogP contribution in [-0.4, -0.2) is 18.3 Å². The smallest absolute Gasteiger partial charge is 0.399 e. The average molecular weight is 607 g/mol. The summed E-state index contributed by atoms with van der Waals surface area (Å²) in [5, 5.41) is 12.7. The van der Waals surface area contributed by atoms with Crippen molar-refractivity contribution in [1.82, 2.24) is 0 Å². The van der Waals surface area contributed by atoms with Crippen LogP contribution in [0.25, 0.3) is 76.1 Å². The average Bonchev–Trinajstić information content (AvgIpc) is 3.33. The van der Waals surface area contributed by atoms with E-state index < -0.39 is 0 Å². The van der Waals surface area contributed by atoms with Gasteiger partial charge in [-0.15, -0.1) is 0 Å². The maximum Gasteiger partial charge on any atom is 0.494 e. The molecule has 9 rings (SSSR count). The van der Waals surface area contributed by atoms with Crippen LogP contribution in [0.3, 0.4) is 0 Å². The lowest BCUT2D eigenvalue weighted by molar-refractivity contribution is 0.00578. The summed E-state index contributed by atoms with van der Waals surface area (Å²) in [6.45, 7) is 8.39. The van der Waals surface area contributed by atoms with Crippen LogP contribution in [0.4, 0.5) is 0 Å². The van der Waals surface area contributed by atoms with Crippen LogP contribution in [0.2, 0.25) is 0 Å². The third-order valence-corrected chi connectivity index (χ3v) is 10.6. The standard InChI is InChI=1S/C44H35BO2/c1-43(2)44(3,4)47-45(46-43)36-21-19-28-13-14-33(25-35(28)26-36)31-16-15-30-24-32(18-17-29(30)23-31)34-20-22-41-39-11-6-5-9-37(39)38-10-7-8-12-40(38)42(41)27-34/h5-27H,1-4H3. The molecule has 0 spiro atoms. The maximum absolute atomic E-state index is 6.34. The van der Waals surface area contributed by atoms with Crippen molar-refractivity contribution in [3.63, 3.8) is 0 Å². The molecule has 3 heteroatoms. The van der Waals surface area contributed by atoms with E-state index >= 15 is 0 Å². The van der Waals surface area contributed by atoms with Gasteiger partial charge in [-0.1, -0.05) is 115 Å². The molecule has 0 saturated carbocycles. The van der Waals surface area contributed by atoms with E-state index in [9.17, 15) is 0 Å². The van der Waals surface area contributed by atoms with Gasteiger partial charge in [-0.25, -0.2) is 0 Å². The fourth-order valence-electron chi connectivity index (χ4n) is 7.26. The lowest BCUT2D eigenvalue weighted by atomic mass is 9.78. The van der Waals surface area contributed by atoms with Crippen molar-refractivity contribution in [3.05, 3.63) is 140 Å².